The summed E-state index contributed by atoms with van der Waals surface area (Å²) >= 11 is 3.63. The fourth-order valence-corrected chi connectivity index (χ4v) is 3.73. The molecule has 0 fully saturated rings. The van der Waals surface area contributed by atoms with Gasteiger partial charge in [-0.05, 0) is 66.5 Å². The van der Waals surface area contributed by atoms with Gasteiger partial charge in [-0.3, -0.25) is 4.79 Å². The van der Waals surface area contributed by atoms with Crippen LogP contribution in [-0.2, 0) is 4.79 Å². The van der Waals surface area contributed by atoms with Gasteiger partial charge < -0.3 is 9.88 Å². The zero-order valence-corrected chi connectivity index (χ0v) is 17.5. The molecule has 1 heterocycles. The molecule has 0 saturated heterocycles. The monoisotopic (exact) mass is 433 g/mol. The van der Waals surface area contributed by atoms with E-state index < -0.39 is 5.91 Å². The fourth-order valence-electron chi connectivity index (χ4n) is 3.15. The Balaban J connectivity index is 2.01. The van der Waals surface area contributed by atoms with Crippen molar-refractivity contribution in [2.45, 2.75) is 20.8 Å². The average molecular weight is 434 g/mol. The third kappa shape index (κ3) is 3.78. The number of aryl methyl sites for hydroxylation is 1. The Morgan fingerprint density at radius 3 is 2.32 bits per heavy atom. The molecule has 0 radical (unpaired) electrons. The second-order valence-corrected chi connectivity index (χ2v) is 7.30. The Kier molecular flexibility index (Phi) is 5.81. The van der Waals surface area contributed by atoms with Gasteiger partial charge in [0.2, 0.25) is 0 Å². The van der Waals surface area contributed by atoms with Gasteiger partial charge in [0, 0.05) is 32.8 Å². The summed E-state index contributed by atoms with van der Waals surface area (Å²) in [5.74, 6) is -0.423. The van der Waals surface area contributed by atoms with E-state index in [4.69, 9.17) is 0 Å². The maximum Gasteiger partial charge on any atom is 0.266 e. The molecule has 28 heavy (non-hydrogen) atoms. The first kappa shape index (κ1) is 19.7. The summed E-state index contributed by atoms with van der Waals surface area (Å²) < 4.78 is 2.97. The lowest BCUT2D eigenvalue weighted by Gasteiger charge is -2.09. The molecular weight excluding hydrogens is 414 g/mol. The smallest absolute Gasteiger partial charge is 0.266 e. The maximum absolute atomic E-state index is 12.7. The highest BCUT2D eigenvalue weighted by atomic mass is 79.9. The molecular formula is C23H20BrN3O. The summed E-state index contributed by atoms with van der Waals surface area (Å²) in [4.78, 5) is 12.7. The topological polar surface area (TPSA) is 57.8 Å². The number of aromatic nitrogens is 1. The van der Waals surface area contributed by atoms with Crippen molar-refractivity contribution < 1.29 is 4.79 Å². The van der Waals surface area contributed by atoms with Crippen LogP contribution in [0.3, 0.4) is 0 Å². The van der Waals surface area contributed by atoms with Crippen LogP contribution < -0.4 is 5.32 Å². The Labute approximate surface area is 173 Å². The molecule has 1 amide bonds. The number of rotatable bonds is 4. The van der Waals surface area contributed by atoms with Crippen LogP contribution in [0.25, 0.3) is 11.8 Å². The number of anilines is 1. The van der Waals surface area contributed by atoms with Crippen LogP contribution in [0, 0.1) is 32.1 Å². The van der Waals surface area contributed by atoms with Gasteiger partial charge >= 0.3 is 0 Å². The molecule has 1 aromatic heterocycles. The van der Waals surface area contributed by atoms with Crippen LogP contribution in [0.5, 0.6) is 0 Å². The van der Waals surface area contributed by atoms with E-state index in [1.807, 2.05) is 81.4 Å². The Morgan fingerprint density at radius 1 is 1.04 bits per heavy atom. The van der Waals surface area contributed by atoms with Gasteiger partial charge in [0.15, 0.2) is 0 Å². The van der Waals surface area contributed by atoms with Crippen LogP contribution in [-0.4, -0.2) is 10.5 Å². The van der Waals surface area contributed by atoms with E-state index in [0.29, 0.717) is 5.69 Å². The van der Waals surface area contributed by atoms with Gasteiger partial charge in [0.25, 0.3) is 5.91 Å². The third-order valence-electron chi connectivity index (χ3n) is 4.68. The summed E-state index contributed by atoms with van der Waals surface area (Å²) in [7, 11) is 0. The summed E-state index contributed by atoms with van der Waals surface area (Å²) in [6.07, 6.45) is 1.64. The fraction of sp³-hybridized carbons (Fsp3) is 0.130. The van der Waals surface area contributed by atoms with E-state index in [1.54, 1.807) is 6.08 Å². The molecule has 3 rings (SSSR count). The van der Waals surface area contributed by atoms with Crippen molar-refractivity contribution in [3.63, 3.8) is 0 Å². The maximum atomic E-state index is 12.7. The minimum Gasteiger partial charge on any atom is -0.321 e. The molecule has 4 nitrogen and oxygen atoms in total. The standard InChI is InChI=1S/C23H20BrN3O/c1-15-9-7-8-12-21(15)26-23(28)18(14-25)13-20-16(2)27(17(3)22(20)24)19-10-5-4-6-11-19/h4-13H,1-3H3,(H,26,28)/b18-13-. The molecule has 5 heteroatoms. The van der Waals surface area contributed by atoms with Crippen LogP contribution >= 0.6 is 15.9 Å². The van der Waals surface area contributed by atoms with Crippen molar-refractivity contribution in [2.24, 2.45) is 0 Å². The van der Waals surface area contributed by atoms with Gasteiger partial charge in [-0.15, -0.1) is 0 Å². The van der Waals surface area contributed by atoms with E-state index in [-0.39, 0.29) is 5.57 Å². The number of carbonyl (C=O) groups excluding carboxylic acids is 1. The first-order chi connectivity index (χ1) is 13.4. The third-order valence-corrected chi connectivity index (χ3v) is 5.68. The molecule has 3 aromatic rings. The lowest BCUT2D eigenvalue weighted by Crippen LogP contribution is -2.14. The number of benzene rings is 2. The summed E-state index contributed by atoms with van der Waals surface area (Å²) in [6, 6.07) is 19.5. The number of nitriles is 1. The number of nitrogens with one attached hydrogen (secondary N) is 1. The molecule has 0 aliphatic heterocycles. The summed E-state index contributed by atoms with van der Waals surface area (Å²) in [5.41, 5.74) is 5.49. The van der Waals surface area contributed by atoms with Crippen molar-refractivity contribution in [1.29, 1.82) is 5.26 Å². The highest BCUT2D eigenvalue weighted by molar-refractivity contribution is 9.10. The SMILES string of the molecule is Cc1ccccc1NC(=O)/C(C#N)=C\c1c(Br)c(C)n(-c2ccccc2)c1C. The molecule has 2 aromatic carbocycles. The predicted octanol–water partition coefficient (Wildman–Crippen LogP) is 5.71. The van der Waals surface area contributed by atoms with Crippen LogP contribution in [0.1, 0.15) is 22.5 Å². The van der Waals surface area contributed by atoms with Crippen LogP contribution in [0.15, 0.2) is 64.6 Å². The number of hydrogen-bond donors (Lipinski definition) is 1. The molecule has 0 atom stereocenters. The van der Waals surface area contributed by atoms with E-state index in [0.717, 1.165) is 32.7 Å². The highest BCUT2D eigenvalue weighted by Gasteiger charge is 2.18. The number of hydrogen-bond acceptors (Lipinski definition) is 2. The van der Waals surface area contributed by atoms with Gasteiger partial charge in [0.1, 0.15) is 11.6 Å². The average Bonchev–Trinajstić information content (AvgIpc) is 2.91. The summed E-state index contributed by atoms with van der Waals surface area (Å²) in [6.45, 7) is 5.89. The Morgan fingerprint density at radius 2 is 1.68 bits per heavy atom. The number of para-hydroxylation sites is 2. The lowest BCUT2D eigenvalue weighted by molar-refractivity contribution is -0.112. The quantitative estimate of drug-likeness (QED) is 0.422. The molecule has 140 valence electrons. The van der Waals surface area contributed by atoms with E-state index in [2.05, 4.69) is 25.8 Å². The van der Waals surface area contributed by atoms with Crippen LogP contribution in [0.4, 0.5) is 5.69 Å². The first-order valence-electron chi connectivity index (χ1n) is 8.85. The van der Waals surface area contributed by atoms with Gasteiger partial charge in [-0.2, -0.15) is 5.26 Å². The normalized spacial score (nSPS) is 11.2. The molecule has 0 spiro atoms. The second-order valence-electron chi connectivity index (χ2n) is 6.51. The molecule has 0 unspecified atom stereocenters. The predicted molar refractivity (Wildman–Crippen MR) is 116 cm³/mol. The second kappa shape index (κ2) is 8.28. The van der Waals surface area contributed by atoms with E-state index in [1.165, 1.54) is 0 Å². The number of nitrogens with zero attached hydrogens (tertiary/aromatic N) is 2. The lowest BCUT2D eigenvalue weighted by atomic mass is 10.1. The minimum atomic E-state index is -0.423. The van der Waals surface area contributed by atoms with Gasteiger partial charge in [-0.1, -0.05) is 36.4 Å². The summed E-state index contributed by atoms with van der Waals surface area (Å²) in [5, 5.41) is 12.4. The molecule has 0 aliphatic carbocycles. The van der Waals surface area contributed by atoms with Crippen molar-refractivity contribution >= 4 is 33.6 Å². The van der Waals surface area contributed by atoms with E-state index >= 15 is 0 Å². The van der Waals surface area contributed by atoms with Gasteiger partial charge in [0.05, 0.1) is 0 Å². The molecule has 0 bridgehead atoms. The largest absolute Gasteiger partial charge is 0.321 e. The van der Waals surface area contributed by atoms with Crippen molar-refractivity contribution in [3.05, 3.63) is 87.2 Å². The van der Waals surface area contributed by atoms with Crippen LogP contribution in [0.2, 0.25) is 0 Å². The molecule has 0 saturated carbocycles. The molecule has 1 N–H and O–H groups in total. The van der Waals surface area contributed by atoms with E-state index in [9.17, 15) is 10.1 Å². The van der Waals surface area contributed by atoms with Crippen molar-refractivity contribution in [2.75, 3.05) is 5.32 Å². The van der Waals surface area contributed by atoms with Crippen molar-refractivity contribution in [1.82, 2.24) is 4.57 Å². The van der Waals surface area contributed by atoms with Crippen molar-refractivity contribution in [3.8, 4) is 11.8 Å². The Bertz CT molecular complexity index is 1100. The zero-order valence-electron chi connectivity index (χ0n) is 16.0. The number of halogens is 1. The minimum absolute atomic E-state index is 0.0530. The zero-order chi connectivity index (χ0) is 20.3. The number of carbonyl (C=O) groups is 1. The van der Waals surface area contributed by atoms with Gasteiger partial charge in [-0.25, -0.2) is 0 Å². The Hall–Kier alpha value is -3.10. The number of amides is 1. The molecule has 0 aliphatic rings. The first-order valence-corrected chi connectivity index (χ1v) is 9.65. The highest BCUT2D eigenvalue weighted by Crippen LogP contribution is 2.32.